The van der Waals surface area contributed by atoms with Gasteiger partial charge in [-0.2, -0.15) is 0 Å². The minimum absolute atomic E-state index is 0.571. The van der Waals surface area contributed by atoms with Gasteiger partial charge in [0, 0.05) is 17.6 Å². The summed E-state index contributed by atoms with van der Waals surface area (Å²) >= 11 is 1.43. The largest absolute Gasteiger partial charge is 0.375 e. The Labute approximate surface area is 94.8 Å². The first-order valence-corrected chi connectivity index (χ1v) is 5.54. The van der Waals surface area contributed by atoms with E-state index in [-0.39, 0.29) is 0 Å². The van der Waals surface area contributed by atoms with E-state index in [0.717, 1.165) is 17.2 Å². The number of fused-ring (bicyclic) bond motifs is 1. The summed E-state index contributed by atoms with van der Waals surface area (Å²) in [7, 11) is 0. The molecule has 0 bridgehead atoms. The standard InChI is InChI=1S/C9H8N6S/c10-9-12-6(4-16-9)3-8-14-13-7-1-2-11-5-15(7)8/h1-2,4-5H,3H2,(H2,10,12). The molecule has 0 saturated carbocycles. The van der Waals surface area contributed by atoms with Gasteiger partial charge in [-0.25, -0.2) is 9.97 Å². The molecule has 0 saturated heterocycles. The number of thiazole rings is 1. The monoisotopic (exact) mass is 232 g/mol. The van der Waals surface area contributed by atoms with Crippen LogP contribution in [0, 0.1) is 0 Å². The summed E-state index contributed by atoms with van der Waals surface area (Å²) < 4.78 is 1.84. The molecule has 0 fully saturated rings. The number of nitrogens with zero attached hydrogens (tertiary/aromatic N) is 5. The number of rotatable bonds is 2. The molecule has 0 aliphatic carbocycles. The molecule has 2 N–H and O–H groups in total. The van der Waals surface area contributed by atoms with Crippen LogP contribution in [0.1, 0.15) is 11.5 Å². The molecule has 0 aliphatic heterocycles. The van der Waals surface area contributed by atoms with Gasteiger partial charge >= 0.3 is 0 Å². The SMILES string of the molecule is Nc1nc(Cc2nnc3ccncn23)cs1. The van der Waals surface area contributed by atoms with Crippen molar-refractivity contribution in [1.29, 1.82) is 0 Å². The number of nitrogen functional groups attached to an aromatic ring is 1. The molecule has 0 amide bonds. The van der Waals surface area contributed by atoms with Crippen molar-refractivity contribution in [3.05, 3.63) is 35.5 Å². The molecule has 0 aromatic carbocycles. The van der Waals surface area contributed by atoms with Gasteiger partial charge < -0.3 is 5.73 Å². The average Bonchev–Trinajstić information content (AvgIpc) is 2.87. The Kier molecular flexibility index (Phi) is 2.03. The lowest BCUT2D eigenvalue weighted by Gasteiger charge is -1.95. The Hall–Kier alpha value is -2.02. The fraction of sp³-hybridized carbons (Fsp3) is 0.111. The van der Waals surface area contributed by atoms with Gasteiger partial charge in [-0.15, -0.1) is 21.5 Å². The minimum Gasteiger partial charge on any atom is -0.375 e. The van der Waals surface area contributed by atoms with Crippen LogP contribution in [0.5, 0.6) is 0 Å². The van der Waals surface area contributed by atoms with Crippen molar-refractivity contribution in [3.63, 3.8) is 0 Å². The lowest BCUT2D eigenvalue weighted by molar-refractivity contribution is 0.904. The van der Waals surface area contributed by atoms with Gasteiger partial charge in [0.15, 0.2) is 10.8 Å². The third-order valence-corrected chi connectivity index (χ3v) is 2.92. The smallest absolute Gasteiger partial charge is 0.180 e. The molecule has 3 aromatic rings. The molecular weight excluding hydrogens is 224 g/mol. The van der Waals surface area contributed by atoms with E-state index in [1.165, 1.54) is 11.3 Å². The highest BCUT2D eigenvalue weighted by Gasteiger charge is 2.07. The summed E-state index contributed by atoms with van der Waals surface area (Å²) in [6.45, 7) is 0. The van der Waals surface area contributed by atoms with Crippen LogP contribution in [-0.4, -0.2) is 24.6 Å². The van der Waals surface area contributed by atoms with E-state index in [2.05, 4.69) is 20.2 Å². The second kappa shape index (κ2) is 3.53. The van der Waals surface area contributed by atoms with Crippen molar-refractivity contribution in [1.82, 2.24) is 24.6 Å². The molecule has 7 heteroatoms. The van der Waals surface area contributed by atoms with Crippen LogP contribution >= 0.6 is 11.3 Å². The number of hydrogen-bond acceptors (Lipinski definition) is 6. The summed E-state index contributed by atoms with van der Waals surface area (Å²) in [5.74, 6) is 0.813. The minimum atomic E-state index is 0.571. The first-order valence-electron chi connectivity index (χ1n) is 4.66. The Morgan fingerprint density at radius 2 is 2.31 bits per heavy atom. The zero-order valence-electron chi connectivity index (χ0n) is 8.24. The third kappa shape index (κ3) is 1.50. The fourth-order valence-corrected chi connectivity index (χ4v) is 2.04. The molecular formula is C9H8N6S. The fourth-order valence-electron chi connectivity index (χ4n) is 1.48. The molecule has 0 radical (unpaired) electrons. The van der Waals surface area contributed by atoms with Crippen molar-refractivity contribution >= 4 is 22.1 Å². The van der Waals surface area contributed by atoms with E-state index < -0.39 is 0 Å². The second-order valence-corrected chi connectivity index (χ2v) is 4.17. The third-order valence-electron chi connectivity index (χ3n) is 2.19. The van der Waals surface area contributed by atoms with Gasteiger partial charge in [0.1, 0.15) is 12.2 Å². The normalized spacial score (nSPS) is 11.0. The predicted octanol–water partition coefficient (Wildman–Crippen LogP) is 0.754. The van der Waals surface area contributed by atoms with Crippen LogP contribution in [0.15, 0.2) is 24.0 Å². The maximum Gasteiger partial charge on any atom is 0.180 e. The van der Waals surface area contributed by atoms with E-state index in [0.29, 0.717) is 11.6 Å². The van der Waals surface area contributed by atoms with Crippen molar-refractivity contribution in [3.8, 4) is 0 Å². The summed E-state index contributed by atoms with van der Waals surface area (Å²) in [4.78, 5) is 8.22. The number of anilines is 1. The molecule has 0 unspecified atom stereocenters. The van der Waals surface area contributed by atoms with Crippen LogP contribution < -0.4 is 5.73 Å². The van der Waals surface area contributed by atoms with Crippen LogP contribution in [0.4, 0.5) is 5.13 Å². The second-order valence-electron chi connectivity index (χ2n) is 3.28. The van der Waals surface area contributed by atoms with E-state index in [4.69, 9.17) is 5.73 Å². The van der Waals surface area contributed by atoms with Crippen molar-refractivity contribution < 1.29 is 0 Å². The summed E-state index contributed by atoms with van der Waals surface area (Å²) in [6, 6.07) is 1.81. The molecule has 0 spiro atoms. The lowest BCUT2D eigenvalue weighted by atomic mass is 10.3. The summed E-state index contributed by atoms with van der Waals surface area (Å²) in [5.41, 5.74) is 7.26. The van der Waals surface area contributed by atoms with E-state index in [1.54, 1.807) is 12.5 Å². The number of hydrogen-bond donors (Lipinski definition) is 1. The van der Waals surface area contributed by atoms with E-state index in [9.17, 15) is 0 Å². The van der Waals surface area contributed by atoms with Gasteiger partial charge in [0.05, 0.1) is 12.1 Å². The quantitative estimate of drug-likeness (QED) is 0.705. The summed E-state index contributed by atoms with van der Waals surface area (Å²) in [6.07, 6.45) is 4.00. The maximum absolute atomic E-state index is 5.57. The highest BCUT2D eigenvalue weighted by molar-refractivity contribution is 7.13. The van der Waals surface area contributed by atoms with Crippen molar-refractivity contribution in [2.24, 2.45) is 0 Å². The molecule has 0 atom stereocenters. The van der Waals surface area contributed by atoms with Gasteiger partial charge in [-0.1, -0.05) is 0 Å². The topological polar surface area (TPSA) is 82.0 Å². The van der Waals surface area contributed by atoms with Crippen molar-refractivity contribution in [2.45, 2.75) is 6.42 Å². The van der Waals surface area contributed by atoms with Crippen LogP contribution in [-0.2, 0) is 6.42 Å². The zero-order valence-corrected chi connectivity index (χ0v) is 9.05. The van der Waals surface area contributed by atoms with Gasteiger partial charge in [0.2, 0.25) is 0 Å². The highest BCUT2D eigenvalue weighted by atomic mass is 32.1. The van der Waals surface area contributed by atoms with E-state index >= 15 is 0 Å². The van der Waals surface area contributed by atoms with Crippen molar-refractivity contribution in [2.75, 3.05) is 5.73 Å². The van der Waals surface area contributed by atoms with Gasteiger partial charge in [0.25, 0.3) is 0 Å². The Morgan fingerprint density at radius 3 is 3.12 bits per heavy atom. The average molecular weight is 232 g/mol. The first-order chi connectivity index (χ1) is 7.83. The molecule has 6 nitrogen and oxygen atoms in total. The molecule has 3 aromatic heterocycles. The van der Waals surface area contributed by atoms with Crippen LogP contribution in [0.3, 0.4) is 0 Å². The maximum atomic E-state index is 5.57. The number of aromatic nitrogens is 5. The first kappa shape index (κ1) is 9.22. The Morgan fingerprint density at radius 1 is 1.38 bits per heavy atom. The molecule has 3 heterocycles. The molecule has 16 heavy (non-hydrogen) atoms. The lowest BCUT2D eigenvalue weighted by Crippen LogP contribution is -1.97. The van der Waals surface area contributed by atoms with E-state index in [1.807, 2.05) is 15.8 Å². The summed E-state index contributed by atoms with van der Waals surface area (Å²) in [5, 5.41) is 10.6. The number of nitrogens with two attached hydrogens (primary N) is 1. The Balaban J connectivity index is 2.00. The van der Waals surface area contributed by atoms with Crippen LogP contribution in [0.2, 0.25) is 0 Å². The highest BCUT2D eigenvalue weighted by Crippen LogP contribution is 2.14. The Bertz CT molecular complexity index is 628. The van der Waals surface area contributed by atoms with Crippen LogP contribution in [0.25, 0.3) is 5.65 Å². The molecule has 3 rings (SSSR count). The molecule has 80 valence electrons. The van der Waals surface area contributed by atoms with Gasteiger partial charge in [-0.05, 0) is 0 Å². The predicted molar refractivity (Wildman–Crippen MR) is 60.1 cm³/mol. The molecule has 0 aliphatic rings. The zero-order chi connectivity index (χ0) is 11.0. The van der Waals surface area contributed by atoms with Gasteiger partial charge in [-0.3, -0.25) is 4.40 Å².